The molecule has 46 heavy (non-hydrogen) atoms. The average molecular weight is 675 g/mol. The van der Waals surface area contributed by atoms with Crippen molar-refractivity contribution in [1.29, 1.82) is 0 Å². The van der Waals surface area contributed by atoms with Gasteiger partial charge in [-0.15, -0.1) is 0 Å². The summed E-state index contributed by atoms with van der Waals surface area (Å²) in [7, 11) is 1.30. The van der Waals surface area contributed by atoms with Crippen LogP contribution in [0.25, 0.3) is 22.0 Å². The Labute approximate surface area is 272 Å². The van der Waals surface area contributed by atoms with Gasteiger partial charge in [-0.1, -0.05) is 17.7 Å². The lowest BCUT2D eigenvalue weighted by Gasteiger charge is -2.36. The molecule has 0 aliphatic carbocycles. The molecule has 0 unspecified atom stereocenters. The molecule has 1 fully saturated rings. The molecule has 3 heterocycles. The van der Waals surface area contributed by atoms with Gasteiger partial charge in [-0.3, -0.25) is 5.10 Å². The molecule has 0 atom stereocenters. The van der Waals surface area contributed by atoms with Gasteiger partial charge in [0, 0.05) is 89.2 Å². The van der Waals surface area contributed by atoms with Gasteiger partial charge >= 0.3 is 5.97 Å². The van der Waals surface area contributed by atoms with Gasteiger partial charge in [0.1, 0.15) is 18.1 Å². The van der Waals surface area contributed by atoms with E-state index in [1.165, 1.54) is 22.7 Å². The molecule has 0 bridgehead atoms. The van der Waals surface area contributed by atoms with Crippen LogP contribution in [-0.4, -0.2) is 107 Å². The lowest BCUT2D eigenvalue weighted by molar-refractivity contribution is 0.0685. The Morgan fingerprint density at radius 3 is 2.33 bits per heavy atom. The van der Waals surface area contributed by atoms with E-state index in [4.69, 9.17) is 16.3 Å². The van der Waals surface area contributed by atoms with E-state index in [0.29, 0.717) is 88.8 Å². The summed E-state index contributed by atoms with van der Waals surface area (Å²) in [6.45, 7) is 1.78. The third-order valence-electron chi connectivity index (χ3n) is 8.32. The highest BCUT2D eigenvalue weighted by atomic mass is 35.5. The summed E-state index contributed by atoms with van der Waals surface area (Å²) < 4.78 is 35.4. The van der Waals surface area contributed by atoms with Gasteiger partial charge < -0.3 is 29.5 Å². The number of nitrogens with one attached hydrogen (secondary N) is 1. The second-order valence-corrected chi connectivity index (χ2v) is 13.8. The average Bonchev–Trinajstić information content (AvgIpc) is 3.56. The monoisotopic (exact) mass is 674 g/mol. The van der Waals surface area contributed by atoms with Gasteiger partial charge in [-0.05, 0) is 48.7 Å². The number of nitrogens with zero attached hydrogens (tertiary/aromatic N) is 5. The molecule has 2 aromatic carbocycles. The Hall–Kier alpha value is -3.66. The van der Waals surface area contributed by atoms with E-state index in [9.17, 15) is 28.5 Å². The number of ether oxygens (including phenoxy) is 1. The third kappa shape index (κ3) is 6.46. The number of piperazine rings is 1. The molecule has 13 nitrogen and oxygen atoms in total. The summed E-state index contributed by atoms with van der Waals surface area (Å²) in [5.74, 6) is -0.478. The van der Waals surface area contributed by atoms with E-state index >= 15 is 0 Å². The molecule has 1 saturated heterocycles. The van der Waals surface area contributed by atoms with E-state index in [2.05, 4.69) is 15.1 Å². The smallest absolute Gasteiger partial charge is 0.352 e. The number of aromatic carboxylic acids is 1. The normalized spacial score (nSPS) is 14.5. The number of aromatic nitrogens is 3. The van der Waals surface area contributed by atoms with Gasteiger partial charge in [0.2, 0.25) is 0 Å². The van der Waals surface area contributed by atoms with Crippen LogP contribution in [0.15, 0.2) is 36.4 Å². The van der Waals surface area contributed by atoms with Crippen LogP contribution >= 0.6 is 11.6 Å². The molecule has 248 valence electrons. The molecule has 0 saturated carbocycles. The first kappa shape index (κ1) is 33.7. The molecule has 0 radical (unpaired) electrons. The minimum Gasteiger partial charge on any atom is -0.487 e. The SMILES string of the molecule is CN(C)S(=O)(=O)N1CCN(c2ccc(OCc3[nH]nc(CCO)c3-c3c(Cl)ccc4c(CCCO)c(C(=O)O)n(C)c34)cc2)CC1. The number of rotatable bonds is 13. The lowest BCUT2D eigenvalue weighted by atomic mass is 9.97. The van der Waals surface area contributed by atoms with E-state index in [1.807, 2.05) is 24.3 Å². The van der Waals surface area contributed by atoms with Crippen molar-refractivity contribution in [2.24, 2.45) is 7.05 Å². The number of aryl methyl sites for hydroxylation is 2. The maximum atomic E-state index is 12.5. The number of carboxylic acid groups (broad SMARTS) is 1. The molecule has 5 rings (SSSR count). The van der Waals surface area contributed by atoms with E-state index in [-0.39, 0.29) is 31.9 Å². The van der Waals surface area contributed by atoms with Gasteiger partial charge in [0.05, 0.1) is 21.9 Å². The van der Waals surface area contributed by atoms with Crippen molar-refractivity contribution in [3.63, 3.8) is 0 Å². The zero-order valence-corrected chi connectivity index (χ0v) is 27.6. The number of fused-ring (bicyclic) bond motifs is 1. The highest BCUT2D eigenvalue weighted by Gasteiger charge is 2.29. The highest BCUT2D eigenvalue weighted by Crippen LogP contribution is 2.42. The molecule has 4 N–H and O–H groups in total. The van der Waals surface area contributed by atoms with Gasteiger partial charge in [-0.25, -0.2) is 4.79 Å². The van der Waals surface area contributed by atoms with Crippen LogP contribution in [0.2, 0.25) is 5.02 Å². The van der Waals surface area contributed by atoms with Crippen molar-refractivity contribution in [3.05, 3.63) is 64.1 Å². The topological polar surface area (TPSA) is 164 Å². The quantitative estimate of drug-likeness (QED) is 0.167. The fourth-order valence-electron chi connectivity index (χ4n) is 6.04. The second-order valence-electron chi connectivity index (χ2n) is 11.3. The Morgan fingerprint density at radius 1 is 1.02 bits per heavy atom. The standard InChI is InChI=1S/C31H39ClN6O7S/c1-35(2)46(43,44)38-15-13-37(14-16-38)20-6-8-21(9-7-20)45-19-26-28(25(12-18-40)33-34-26)27-24(32)11-10-23-22(5-4-17-39)30(31(41)42)36(3)29(23)27/h6-11,39-40H,4-5,12-19H2,1-3H3,(H,33,34)(H,41,42). The minimum absolute atomic E-state index is 0.0710. The van der Waals surface area contributed by atoms with Crippen LogP contribution in [0.4, 0.5) is 5.69 Å². The molecule has 4 aromatic rings. The number of benzene rings is 2. The first-order chi connectivity index (χ1) is 22.0. The minimum atomic E-state index is -3.44. The summed E-state index contributed by atoms with van der Waals surface area (Å²) in [6, 6.07) is 11.1. The summed E-state index contributed by atoms with van der Waals surface area (Å²) in [4.78, 5) is 14.5. The van der Waals surface area contributed by atoms with Crippen LogP contribution in [0.1, 0.15) is 33.9 Å². The number of H-pyrrole nitrogens is 1. The molecule has 0 amide bonds. The number of carbonyl (C=O) groups is 1. The number of aromatic amines is 1. The van der Waals surface area contributed by atoms with E-state index in [1.54, 1.807) is 23.7 Å². The zero-order chi connectivity index (χ0) is 33.2. The first-order valence-corrected chi connectivity index (χ1v) is 16.7. The zero-order valence-electron chi connectivity index (χ0n) is 26.0. The predicted octanol–water partition coefficient (Wildman–Crippen LogP) is 2.89. The molecule has 1 aliphatic heterocycles. The van der Waals surface area contributed by atoms with Crippen LogP contribution in [0.3, 0.4) is 0 Å². The molecular formula is C31H39ClN6O7S. The van der Waals surface area contributed by atoms with E-state index in [0.717, 1.165) is 5.69 Å². The molecular weight excluding hydrogens is 636 g/mol. The number of hydrogen-bond acceptors (Lipinski definition) is 8. The highest BCUT2D eigenvalue weighted by molar-refractivity contribution is 7.86. The number of anilines is 1. The van der Waals surface area contributed by atoms with Crippen molar-refractivity contribution in [3.8, 4) is 16.9 Å². The van der Waals surface area contributed by atoms with Gasteiger partial charge in [-0.2, -0.15) is 22.1 Å². The summed E-state index contributed by atoms with van der Waals surface area (Å²) in [5.41, 5.74) is 4.70. The molecule has 1 aliphatic rings. The van der Waals surface area contributed by atoms with Crippen LogP contribution in [-0.2, 0) is 36.7 Å². The largest absolute Gasteiger partial charge is 0.487 e. The number of carboxylic acids is 1. The van der Waals surface area contributed by atoms with Crippen molar-refractivity contribution < 1.29 is 33.3 Å². The van der Waals surface area contributed by atoms with Crippen molar-refractivity contribution in [1.82, 2.24) is 23.4 Å². The van der Waals surface area contributed by atoms with Crippen molar-refractivity contribution >= 4 is 44.4 Å². The maximum Gasteiger partial charge on any atom is 0.352 e. The Kier molecular flexibility index (Phi) is 10.2. The summed E-state index contributed by atoms with van der Waals surface area (Å²) in [5, 5.41) is 38.0. The Balaban J connectivity index is 1.41. The van der Waals surface area contributed by atoms with Crippen molar-refractivity contribution in [2.45, 2.75) is 25.9 Å². The fourth-order valence-corrected chi connectivity index (χ4v) is 7.38. The van der Waals surface area contributed by atoms with Crippen LogP contribution < -0.4 is 9.64 Å². The predicted molar refractivity (Wildman–Crippen MR) is 176 cm³/mol. The van der Waals surface area contributed by atoms with E-state index < -0.39 is 16.2 Å². The van der Waals surface area contributed by atoms with Crippen LogP contribution in [0, 0.1) is 0 Å². The number of hydrogen-bond donors (Lipinski definition) is 4. The van der Waals surface area contributed by atoms with Gasteiger partial charge in [0.15, 0.2) is 0 Å². The maximum absolute atomic E-state index is 12.5. The van der Waals surface area contributed by atoms with Gasteiger partial charge in [0.25, 0.3) is 10.2 Å². The molecule has 2 aromatic heterocycles. The van der Waals surface area contributed by atoms with Crippen LogP contribution in [0.5, 0.6) is 5.75 Å². The molecule has 15 heteroatoms. The second kappa shape index (κ2) is 14.0. The number of aliphatic hydroxyl groups is 2. The molecule has 0 spiro atoms. The lowest BCUT2D eigenvalue weighted by Crippen LogP contribution is -2.51. The Morgan fingerprint density at radius 2 is 1.72 bits per heavy atom. The summed E-state index contributed by atoms with van der Waals surface area (Å²) in [6.07, 6.45) is 1.03. The summed E-state index contributed by atoms with van der Waals surface area (Å²) >= 11 is 6.82. The van der Waals surface area contributed by atoms with Crippen molar-refractivity contribution in [2.75, 3.05) is 58.4 Å². The first-order valence-electron chi connectivity index (χ1n) is 15.0. The fraction of sp³-hybridized carbons (Fsp3) is 0.419. The number of aliphatic hydroxyl groups excluding tert-OH is 2. The Bertz CT molecular complexity index is 1810. The number of halogens is 1. The third-order valence-corrected chi connectivity index (χ3v) is 10.6.